The number of hydrogen-bond acceptors (Lipinski definition) is 4. The lowest BCUT2D eigenvalue weighted by Crippen LogP contribution is -2.40. The topological polar surface area (TPSA) is 61.9 Å². The van der Waals surface area contributed by atoms with E-state index in [9.17, 15) is 9.18 Å². The maximum absolute atomic E-state index is 14.1. The lowest BCUT2D eigenvalue weighted by atomic mass is 10.0. The van der Waals surface area contributed by atoms with E-state index in [2.05, 4.69) is 15.0 Å². The molecule has 128 valence electrons. The number of aromatic nitrogens is 3. The number of amides is 1. The number of nitrogens with zero attached hydrogens (tertiary/aromatic N) is 3. The van der Waals surface area contributed by atoms with Gasteiger partial charge in [-0.25, -0.2) is 14.4 Å². The predicted molar refractivity (Wildman–Crippen MR) is 92.8 cm³/mol. The Bertz CT molecular complexity index is 961. The van der Waals surface area contributed by atoms with Crippen LogP contribution in [-0.4, -0.2) is 32.3 Å². The summed E-state index contributed by atoms with van der Waals surface area (Å²) < 4.78 is 14.6. The number of carbonyl (C=O) groups excluding carboxylic acids is 1. The van der Waals surface area contributed by atoms with Crippen molar-refractivity contribution in [2.24, 2.45) is 5.92 Å². The molecule has 1 saturated carbocycles. The van der Waals surface area contributed by atoms with Crippen molar-refractivity contribution in [2.45, 2.75) is 31.7 Å². The Morgan fingerprint density at radius 3 is 3.08 bits per heavy atom. The highest BCUT2D eigenvalue weighted by atomic mass is 32.1. The van der Waals surface area contributed by atoms with Gasteiger partial charge in [-0.2, -0.15) is 0 Å². The summed E-state index contributed by atoms with van der Waals surface area (Å²) in [5, 5.41) is 0.734. The Balaban J connectivity index is 1.60. The molecule has 1 fully saturated rings. The number of fused-ring (bicyclic) bond motifs is 2. The van der Waals surface area contributed by atoms with Crippen molar-refractivity contribution in [1.29, 1.82) is 0 Å². The van der Waals surface area contributed by atoms with Crippen LogP contribution < -0.4 is 0 Å². The maximum Gasteiger partial charge on any atom is 0.223 e. The molecule has 1 aliphatic carbocycles. The second-order valence-corrected chi connectivity index (χ2v) is 7.82. The summed E-state index contributed by atoms with van der Waals surface area (Å²) in [4.78, 5) is 27.0. The van der Waals surface area contributed by atoms with Gasteiger partial charge in [-0.05, 0) is 30.9 Å². The minimum absolute atomic E-state index is 0.154. The van der Waals surface area contributed by atoms with Gasteiger partial charge in [0, 0.05) is 25.1 Å². The molecule has 0 bridgehead atoms. The van der Waals surface area contributed by atoms with E-state index < -0.39 is 0 Å². The van der Waals surface area contributed by atoms with Gasteiger partial charge in [0.15, 0.2) is 0 Å². The van der Waals surface area contributed by atoms with Gasteiger partial charge in [0.1, 0.15) is 16.9 Å². The molecule has 1 amide bonds. The minimum Gasteiger partial charge on any atom is -0.348 e. The third-order valence-electron chi connectivity index (χ3n) is 5.02. The summed E-state index contributed by atoms with van der Waals surface area (Å²) in [6, 6.07) is 4.60. The Morgan fingerprint density at radius 2 is 2.28 bits per heavy atom. The fourth-order valence-corrected chi connectivity index (χ4v) is 4.62. The Labute approximate surface area is 147 Å². The summed E-state index contributed by atoms with van der Waals surface area (Å²) in [6.45, 7) is 0.643. The van der Waals surface area contributed by atoms with Crippen molar-refractivity contribution < 1.29 is 9.18 Å². The van der Waals surface area contributed by atoms with Gasteiger partial charge in [0.25, 0.3) is 0 Å². The number of H-pyrrole nitrogens is 1. The standard InChI is InChI=1S/C18H17FN4OS/c19-11-2-1-3-13-17(11)25-18(22-13)16-15-12(20-9-21-15)6-7-23(16)14(24)8-10-4-5-10/h1-3,9-10,16H,4-8H2,(H,20,21)/t16-/m0/s1. The average molecular weight is 356 g/mol. The van der Waals surface area contributed by atoms with E-state index >= 15 is 0 Å². The molecule has 1 N–H and O–H groups in total. The third kappa shape index (κ3) is 2.54. The first-order valence-electron chi connectivity index (χ1n) is 8.57. The smallest absolute Gasteiger partial charge is 0.223 e. The summed E-state index contributed by atoms with van der Waals surface area (Å²) in [7, 11) is 0. The van der Waals surface area contributed by atoms with Gasteiger partial charge in [0.05, 0.1) is 22.2 Å². The lowest BCUT2D eigenvalue weighted by Gasteiger charge is -2.33. The number of aromatic amines is 1. The molecule has 0 saturated heterocycles. The van der Waals surface area contributed by atoms with E-state index in [1.54, 1.807) is 12.4 Å². The van der Waals surface area contributed by atoms with Crippen molar-refractivity contribution in [3.05, 3.63) is 46.7 Å². The van der Waals surface area contributed by atoms with Gasteiger partial charge < -0.3 is 9.88 Å². The van der Waals surface area contributed by atoms with Crippen LogP contribution >= 0.6 is 11.3 Å². The molecule has 1 aromatic carbocycles. The summed E-state index contributed by atoms with van der Waals surface area (Å²) in [5.74, 6) is 0.414. The van der Waals surface area contributed by atoms with Gasteiger partial charge in [0.2, 0.25) is 5.91 Å². The van der Waals surface area contributed by atoms with E-state index in [-0.39, 0.29) is 17.8 Å². The zero-order valence-corrected chi connectivity index (χ0v) is 14.4. The van der Waals surface area contributed by atoms with Crippen LogP contribution in [0.3, 0.4) is 0 Å². The normalized spacial score (nSPS) is 20.0. The summed E-state index contributed by atoms with van der Waals surface area (Å²) >= 11 is 1.32. The number of imidazole rings is 1. The van der Waals surface area contributed by atoms with Crippen molar-refractivity contribution in [3.63, 3.8) is 0 Å². The van der Waals surface area contributed by atoms with Crippen LogP contribution in [0.15, 0.2) is 24.5 Å². The first-order chi connectivity index (χ1) is 12.2. The van der Waals surface area contributed by atoms with Crippen LogP contribution in [0.2, 0.25) is 0 Å². The molecule has 25 heavy (non-hydrogen) atoms. The molecular formula is C18H17FN4OS. The molecule has 3 aromatic rings. The number of hydrogen-bond donors (Lipinski definition) is 1. The van der Waals surface area contributed by atoms with Crippen molar-refractivity contribution >= 4 is 27.5 Å². The first-order valence-corrected chi connectivity index (χ1v) is 9.39. The molecule has 0 radical (unpaired) electrons. The molecule has 1 atom stereocenters. The van der Waals surface area contributed by atoms with Crippen LogP contribution in [0.25, 0.3) is 10.2 Å². The number of rotatable bonds is 3. The highest BCUT2D eigenvalue weighted by molar-refractivity contribution is 7.18. The molecule has 2 aliphatic rings. The number of benzene rings is 1. The Morgan fingerprint density at radius 1 is 1.40 bits per heavy atom. The van der Waals surface area contributed by atoms with Crippen LogP contribution in [0.4, 0.5) is 4.39 Å². The summed E-state index contributed by atoms with van der Waals surface area (Å²) in [5.41, 5.74) is 2.52. The molecule has 5 rings (SSSR count). The molecule has 5 nitrogen and oxygen atoms in total. The van der Waals surface area contributed by atoms with E-state index in [1.807, 2.05) is 11.0 Å². The second kappa shape index (κ2) is 5.62. The van der Waals surface area contributed by atoms with Gasteiger partial charge >= 0.3 is 0 Å². The van der Waals surface area contributed by atoms with E-state index in [0.717, 1.165) is 35.7 Å². The van der Waals surface area contributed by atoms with Gasteiger partial charge in [-0.3, -0.25) is 4.79 Å². The number of nitrogens with one attached hydrogen (secondary N) is 1. The molecular weight excluding hydrogens is 339 g/mol. The molecule has 3 heterocycles. The third-order valence-corrected chi connectivity index (χ3v) is 6.15. The van der Waals surface area contributed by atoms with E-state index in [0.29, 0.717) is 29.1 Å². The average Bonchev–Trinajstić information content (AvgIpc) is 3.11. The lowest BCUT2D eigenvalue weighted by molar-refractivity contribution is -0.133. The second-order valence-electron chi connectivity index (χ2n) is 6.79. The number of thiazole rings is 1. The van der Waals surface area contributed by atoms with Gasteiger partial charge in [-0.1, -0.05) is 6.07 Å². The Hall–Kier alpha value is -2.28. The van der Waals surface area contributed by atoms with E-state index in [4.69, 9.17) is 0 Å². The molecule has 2 aromatic heterocycles. The molecule has 7 heteroatoms. The van der Waals surface area contributed by atoms with Crippen molar-refractivity contribution in [3.8, 4) is 0 Å². The van der Waals surface area contributed by atoms with Gasteiger partial charge in [-0.15, -0.1) is 11.3 Å². The largest absolute Gasteiger partial charge is 0.348 e. The highest BCUT2D eigenvalue weighted by Gasteiger charge is 2.38. The highest BCUT2D eigenvalue weighted by Crippen LogP contribution is 2.40. The minimum atomic E-state index is -0.321. The zero-order valence-electron chi connectivity index (χ0n) is 13.5. The molecule has 0 unspecified atom stereocenters. The van der Waals surface area contributed by atoms with Crippen molar-refractivity contribution in [1.82, 2.24) is 19.9 Å². The molecule has 1 aliphatic heterocycles. The maximum atomic E-state index is 14.1. The molecule has 0 spiro atoms. The van der Waals surface area contributed by atoms with Crippen LogP contribution in [-0.2, 0) is 11.2 Å². The van der Waals surface area contributed by atoms with Crippen LogP contribution in [0, 0.1) is 11.7 Å². The fourth-order valence-electron chi connectivity index (χ4n) is 3.53. The first kappa shape index (κ1) is 15.0. The van der Waals surface area contributed by atoms with Crippen molar-refractivity contribution in [2.75, 3.05) is 6.54 Å². The van der Waals surface area contributed by atoms with E-state index in [1.165, 1.54) is 17.4 Å². The quantitative estimate of drug-likeness (QED) is 0.782. The van der Waals surface area contributed by atoms with Crippen LogP contribution in [0.5, 0.6) is 0 Å². The predicted octanol–water partition coefficient (Wildman–Crippen LogP) is 3.43. The summed E-state index contributed by atoms with van der Waals surface area (Å²) in [6.07, 6.45) is 5.31. The Kier molecular flexibility index (Phi) is 3.38. The fraction of sp³-hybridized carbons (Fsp3) is 0.389. The number of halogens is 1. The number of carbonyl (C=O) groups is 1. The SMILES string of the molecule is O=C(CC1CC1)N1CCc2[nH]cnc2[C@H]1c1nc2cccc(F)c2s1. The zero-order chi connectivity index (χ0) is 17.0. The monoisotopic (exact) mass is 356 g/mol. The van der Waals surface area contributed by atoms with Crippen LogP contribution in [0.1, 0.15) is 41.7 Å².